The summed E-state index contributed by atoms with van der Waals surface area (Å²) in [5.41, 5.74) is 8.05. The van der Waals surface area contributed by atoms with Crippen molar-refractivity contribution in [2.45, 2.75) is 12.5 Å². The number of benzene rings is 1. The Bertz CT molecular complexity index is 876. The first kappa shape index (κ1) is 14.1. The molecule has 1 aliphatic heterocycles. The second kappa shape index (κ2) is 5.27. The van der Waals surface area contributed by atoms with Crippen LogP contribution >= 0.6 is 0 Å². The maximum absolute atomic E-state index is 6.04. The molecule has 1 aromatic carbocycles. The predicted octanol–water partition coefficient (Wildman–Crippen LogP) is 1.76. The highest BCUT2D eigenvalue weighted by molar-refractivity contribution is 6.09. The van der Waals surface area contributed by atoms with Crippen molar-refractivity contribution < 1.29 is 9.15 Å². The van der Waals surface area contributed by atoms with Gasteiger partial charge in [0.25, 0.3) is 0 Å². The van der Waals surface area contributed by atoms with Crippen LogP contribution in [0.1, 0.15) is 6.42 Å². The molecule has 0 bridgehead atoms. The minimum atomic E-state index is 0.244. The molecular formula is C16H19N5O2. The zero-order valence-electron chi connectivity index (χ0n) is 13.2. The third kappa shape index (κ3) is 2.16. The first-order valence-electron chi connectivity index (χ1n) is 7.66. The number of anilines is 2. The lowest BCUT2D eigenvalue weighted by Crippen LogP contribution is -2.30. The molecule has 7 heteroatoms. The van der Waals surface area contributed by atoms with Crippen LogP contribution in [0.5, 0.6) is 5.75 Å². The highest BCUT2D eigenvalue weighted by Crippen LogP contribution is 2.38. The molecule has 0 spiro atoms. The summed E-state index contributed by atoms with van der Waals surface area (Å²) >= 11 is 0. The fourth-order valence-corrected chi connectivity index (χ4v) is 3.23. The molecule has 1 atom stereocenters. The average molecular weight is 313 g/mol. The molecule has 23 heavy (non-hydrogen) atoms. The van der Waals surface area contributed by atoms with Crippen LogP contribution in [0.25, 0.3) is 22.1 Å². The van der Waals surface area contributed by atoms with Crippen molar-refractivity contribution in [1.29, 1.82) is 0 Å². The molecule has 2 aromatic heterocycles. The summed E-state index contributed by atoms with van der Waals surface area (Å²) in [4.78, 5) is 11.0. The van der Waals surface area contributed by atoms with Gasteiger partial charge in [-0.3, -0.25) is 0 Å². The summed E-state index contributed by atoms with van der Waals surface area (Å²) in [5, 5.41) is 4.14. The number of furan rings is 1. The monoisotopic (exact) mass is 313 g/mol. The standard InChI is InChI=1S/C16H19N5O2/c1-18-9-6-7-21(8-9)15-14-13(19-16(17)20-15)12-10(22-2)4-3-5-11(12)23-14/h3-5,9,18H,6-8H2,1-2H3,(H2,17,19,20)/t9-/m1/s1. The zero-order chi connectivity index (χ0) is 16.0. The highest BCUT2D eigenvalue weighted by atomic mass is 16.5. The number of nitrogens with zero attached hydrogens (tertiary/aromatic N) is 3. The van der Waals surface area contributed by atoms with Gasteiger partial charge in [-0.05, 0) is 25.6 Å². The van der Waals surface area contributed by atoms with Crippen LogP contribution < -0.4 is 20.7 Å². The maximum atomic E-state index is 6.04. The Morgan fingerprint density at radius 3 is 3.00 bits per heavy atom. The molecule has 0 aliphatic carbocycles. The van der Waals surface area contributed by atoms with Crippen molar-refractivity contribution in [3.63, 3.8) is 0 Å². The van der Waals surface area contributed by atoms with E-state index in [4.69, 9.17) is 14.9 Å². The van der Waals surface area contributed by atoms with Crippen molar-refractivity contribution in [2.75, 3.05) is 37.9 Å². The van der Waals surface area contributed by atoms with Gasteiger partial charge in [-0.1, -0.05) is 6.07 Å². The normalized spacial score (nSPS) is 18.2. The molecular weight excluding hydrogens is 294 g/mol. The van der Waals surface area contributed by atoms with Gasteiger partial charge in [-0.25, -0.2) is 4.98 Å². The smallest absolute Gasteiger partial charge is 0.222 e. The largest absolute Gasteiger partial charge is 0.496 e. The number of hydrogen-bond donors (Lipinski definition) is 2. The number of aromatic nitrogens is 2. The lowest BCUT2D eigenvalue weighted by molar-refractivity contribution is 0.420. The summed E-state index contributed by atoms with van der Waals surface area (Å²) in [5.74, 6) is 1.72. The number of nitrogen functional groups attached to an aromatic ring is 1. The van der Waals surface area contributed by atoms with Crippen LogP contribution in [0.3, 0.4) is 0 Å². The first-order chi connectivity index (χ1) is 11.2. The summed E-state index contributed by atoms with van der Waals surface area (Å²) in [6, 6.07) is 6.13. The van der Waals surface area contributed by atoms with E-state index < -0.39 is 0 Å². The van der Waals surface area contributed by atoms with Gasteiger partial charge in [0.1, 0.15) is 16.8 Å². The van der Waals surface area contributed by atoms with E-state index in [1.165, 1.54) is 0 Å². The van der Waals surface area contributed by atoms with Crippen LogP contribution in [0.2, 0.25) is 0 Å². The van der Waals surface area contributed by atoms with Gasteiger partial charge in [0.2, 0.25) is 5.95 Å². The van der Waals surface area contributed by atoms with E-state index in [2.05, 4.69) is 20.2 Å². The van der Waals surface area contributed by atoms with Crippen molar-refractivity contribution in [1.82, 2.24) is 15.3 Å². The van der Waals surface area contributed by atoms with Crippen molar-refractivity contribution >= 4 is 33.8 Å². The Morgan fingerprint density at radius 2 is 2.26 bits per heavy atom. The van der Waals surface area contributed by atoms with Gasteiger partial charge < -0.3 is 25.1 Å². The third-order valence-electron chi connectivity index (χ3n) is 4.42. The lowest BCUT2D eigenvalue weighted by atomic mass is 10.2. The van der Waals surface area contributed by atoms with Gasteiger partial charge >= 0.3 is 0 Å². The fraction of sp³-hybridized carbons (Fsp3) is 0.375. The zero-order valence-corrected chi connectivity index (χ0v) is 13.2. The number of ether oxygens (including phenoxy) is 1. The Morgan fingerprint density at radius 1 is 1.39 bits per heavy atom. The lowest BCUT2D eigenvalue weighted by Gasteiger charge is -2.17. The molecule has 0 unspecified atom stereocenters. The topological polar surface area (TPSA) is 89.4 Å². The van der Waals surface area contributed by atoms with E-state index in [-0.39, 0.29) is 5.95 Å². The minimum absolute atomic E-state index is 0.244. The molecule has 3 heterocycles. The number of nitrogens with one attached hydrogen (secondary N) is 1. The molecule has 1 fully saturated rings. The molecule has 3 aromatic rings. The van der Waals surface area contributed by atoms with Gasteiger partial charge in [-0.15, -0.1) is 0 Å². The Hall–Kier alpha value is -2.54. The molecule has 120 valence electrons. The number of nitrogens with two attached hydrogens (primary N) is 1. The molecule has 1 saturated heterocycles. The molecule has 0 saturated carbocycles. The van der Waals surface area contributed by atoms with E-state index in [1.807, 2.05) is 25.2 Å². The van der Waals surface area contributed by atoms with Crippen molar-refractivity contribution in [3.8, 4) is 5.75 Å². The van der Waals surface area contributed by atoms with E-state index in [0.717, 1.165) is 42.0 Å². The van der Waals surface area contributed by atoms with E-state index in [9.17, 15) is 0 Å². The van der Waals surface area contributed by atoms with Gasteiger partial charge in [-0.2, -0.15) is 4.98 Å². The highest BCUT2D eigenvalue weighted by Gasteiger charge is 2.27. The van der Waals surface area contributed by atoms with E-state index >= 15 is 0 Å². The second-order valence-corrected chi connectivity index (χ2v) is 5.74. The summed E-state index contributed by atoms with van der Waals surface area (Å²) in [6.07, 6.45) is 1.06. The van der Waals surface area contributed by atoms with Crippen LogP contribution in [0.15, 0.2) is 22.6 Å². The molecule has 7 nitrogen and oxygen atoms in total. The molecule has 4 rings (SSSR count). The third-order valence-corrected chi connectivity index (χ3v) is 4.42. The Labute approximate surface area is 133 Å². The number of fused-ring (bicyclic) bond motifs is 3. The van der Waals surface area contributed by atoms with Crippen LogP contribution in [-0.2, 0) is 0 Å². The molecule has 0 amide bonds. The van der Waals surface area contributed by atoms with E-state index in [0.29, 0.717) is 17.1 Å². The first-order valence-corrected chi connectivity index (χ1v) is 7.66. The second-order valence-electron chi connectivity index (χ2n) is 5.74. The van der Waals surface area contributed by atoms with Gasteiger partial charge in [0.05, 0.1) is 12.5 Å². The Kier molecular flexibility index (Phi) is 3.23. The van der Waals surface area contributed by atoms with Gasteiger partial charge in [0, 0.05) is 19.1 Å². The predicted molar refractivity (Wildman–Crippen MR) is 90.0 cm³/mol. The van der Waals surface area contributed by atoms with Crippen molar-refractivity contribution in [2.24, 2.45) is 0 Å². The number of rotatable bonds is 3. The van der Waals surface area contributed by atoms with Crippen molar-refractivity contribution in [3.05, 3.63) is 18.2 Å². The van der Waals surface area contributed by atoms with Crippen LogP contribution in [0, 0.1) is 0 Å². The Balaban J connectivity index is 1.95. The van der Waals surface area contributed by atoms with E-state index in [1.54, 1.807) is 7.11 Å². The summed E-state index contributed by atoms with van der Waals surface area (Å²) < 4.78 is 11.5. The number of likely N-dealkylation sites (N-methyl/N-ethyl adjacent to an activating group) is 1. The number of hydrogen-bond acceptors (Lipinski definition) is 7. The van der Waals surface area contributed by atoms with Crippen LogP contribution in [0.4, 0.5) is 11.8 Å². The SMILES string of the molecule is CN[C@@H]1CCN(c2nc(N)nc3c2oc2cccc(OC)c23)C1. The summed E-state index contributed by atoms with van der Waals surface area (Å²) in [6.45, 7) is 1.78. The minimum Gasteiger partial charge on any atom is -0.496 e. The average Bonchev–Trinajstić information content (AvgIpc) is 3.18. The van der Waals surface area contributed by atoms with Crippen LogP contribution in [-0.4, -0.2) is 43.3 Å². The van der Waals surface area contributed by atoms with Gasteiger partial charge in [0.15, 0.2) is 11.4 Å². The molecule has 0 radical (unpaired) electrons. The fourth-order valence-electron chi connectivity index (χ4n) is 3.23. The molecule has 1 aliphatic rings. The maximum Gasteiger partial charge on any atom is 0.222 e. The number of methoxy groups -OCH3 is 1. The molecule has 3 N–H and O–H groups in total. The summed E-state index contributed by atoms with van der Waals surface area (Å²) in [7, 11) is 3.61. The quantitative estimate of drug-likeness (QED) is 0.761.